The van der Waals surface area contributed by atoms with Crippen molar-refractivity contribution in [3.8, 4) is 0 Å². The maximum Gasteiger partial charge on any atom is 0.330 e. The van der Waals surface area contributed by atoms with Gasteiger partial charge >= 0.3 is 5.69 Å². The summed E-state index contributed by atoms with van der Waals surface area (Å²) in [5, 5.41) is 3.82. The topological polar surface area (TPSA) is 132 Å². The fraction of sp³-hybridized carbons (Fsp3) is 0.346. The van der Waals surface area contributed by atoms with Crippen molar-refractivity contribution >= 4 is 28.0 Å². The molecular weight excluding hydrogens is 496 g/mol. The number of allylic oxidation sites excluding steroid dienone is 3. The Morgan fingerprint density at radius 1 is 1.14 bits per heavy atom. The molecule has 11 heteroatoms. The highest BCUT2D eigenvalue weighted by Crippen LogP contribution is 2.41. The first-order chi connectivity index (χ1) is 17.3. The molecule has 0 saturated heterocycles. The smallest absolute Gasteiger partial charge is 0.330 e. The van der Waals surface area contributed by atoms with Gasteiger partial charge in [0.25, 0.3) is 5.56 Å². The number of nitrogens with zero attached hydrogens (tertiary/aromatic N) is 2. The number of methoxy groups -OCH3 is 1. The van der Waals surface area contributed by atoms with Gasteiger partial charge < -0.3 is 9.57 Å². The molecule has 1 heterocycles. The summed E-state index contributed by atoms with van der Waals surface area (Å²) in [5.41, 5.74) is 1.15. The highest BCUT2D eigenvalue weighted by Gasteiger charge is 2.37. The molecule has 0 saturated carbocycles. The van der Waals surface area contributed by atoms with E-state index in [0.29, 0.717) is 17.7 Å². The van der Waals surface area contributed by atoms with E-state index >= 15 is 0 Å². The molecule has 0 aliphatic heterocycles. The predicted molar refractivity (Wildman–Crippen MR) is 145 cm³/mol. The van der Waals surface area contributed by atoms with Gasteiger partial charge in [-0.15, -0.1) is 0 Å². The van der Waals surface area contributed by atoms with Gasteiger partial charge in [-0.25, -0.2) is 13.2 Å². The number of ether oxygens (including phenoxy) is 1. The summed E-state index contributed by atoms with van der Waals surface area (Å²) < 4.78 is 33.0. The fourth-order valence-corrected chi connectivity index (χ4v) is 4.52. The minimum atomic E-state index is -3.45. The summed E-state index contributed by atoms with van der Waals surface area (Å²) >= 11 is 0. The molecule has 0 radical (unpaired) electrons. The number of aromatic amines is 1. The van der Waals surface area contributed by atoms with Crippen LogP contribution >= 0.6 is 0 Å². The molecule has 1 aromatic carbocycles. The van der Waals surface area contributed by atoms with Crippen LogP contribution in [0.5, 0.6) is 0 Å². The van der Waals surface area contributed by atoms with Crippen LogP contribution in [0.1, 0.15) is 38.3 Å². The van der Waals surface area contributed by atoms with Gasteiger partial charge in [0.15, 0.2) is 5.72 Å². The summed E-state index contributed by atoms with van der Waals surface area (Å²) in [5.74, 6) is 0. The molecule has 1 aromatic heterocycles. The number of hydrogen-bond donors (Lipinski definition) is 2. The van der Waals surface area contributed by atoms with Crippen molar-refractivity contribution in [2.24, 2.45) is 10.6 Å². The van der Waals surface area contributed by atoms with Crippen molar-refractivity contribution in [2.75, 3.05) is 25.2 Å². The van der Waals surface area contributed by atoms with Crippen molar-refractivity contribution < 1.29 is 18.0 Å². The van der Waals surface area contributed by atoms with Crippen LogP contribution in [0, 0.1) is 5.41 Å². The van der Waals surface area contributed by atoms with Gasteiger partial charge in [-0.1, -0.05) is 55.8 Å². The molecule has 1 atom stereocenters. The van der Waals surface area contributed by atoms with E-state index < -0.39 is 27.0 Å². The van der Waals surface area contributed by atoms with Crippen molar-refractivity contribution in [1.82, 2.24) is 9.55 Å². The Balaban J connectivity index is 2.12. The van der Waals surface area contributed by atoms with E-state index in [1.54, 1.807) is 18.2 Å². The van der Waals surface area contributed by atoms with Gasteiger partial charge in [0.2, 0.25) is 10.0 Å². The fourth-order valence-electron chi connectivity index (χ4n) is 3.97. The molecule has 10 nitrogen and oxygen atoms in total. The van der Waals surface area contributed by atoms with Gasteiger partial charge in [0.05, 0.1) is 12.5 Å². The van der Waals surface area contributed by atoms with E-state index in [1.165, 1.54) is 37.3 Å². The van der Waals surface area contributed by atoms with Gasteiger partial charge in [-0.2, -0.15) is 0 Å². The molecule has 3 rings (SSSR count). The summed E-state index contributed by atoms with van der Waals surface area (Å²) in [6, 6.07) is 6.34. The first-order valence-electron chi connectivity index (χ1n) is 11.4. The number of H-pyrrole nitrogens is 1. The number of benzene rings is 1. The third kappa shape index (κ3) is 6.95. The molecule has 0 fully saturated rings. The number of nitrogens with one attached hydrogen (secondary N) is 2. The Labute approximate surface area is 216 Å². The lowest BCUT2D eigenvalue weighted by Crippen LogP contribution is -2.45. The standard InChI is InChI=1S/C26H32N4O6S/c1-25(2,3)21-13-18(15-26(16-21,35-4)30-12-11-23(31)28-24(30)32)7-8-19-9-10-22(29-37(6,33)34)14-20(19)17-27-36-5/h7-15,17,29H,16H2,1-6H3,(H,28,31,32)/b8-7?,27-17+. The maximum atomic E-state index is 12.7. The van der Waals surface area contributed by atoms with E-state index in [0.717, 1.165) is 23.0 Å². The van der Waals surface area contributed by atoms with E-state index in [-0.39, 0.29) is 5.41 Å². The van der Waals surface area contributed by atoms with Gasteiger partial charge in [0.1, 0.15) is 7.11 Å². The highest BCUT2D eigenvalue weighted by atomic mass is 32.2. The Bertz CT molecular complexity index is 1510. The van der Waals surface area contributed by atoms with E-state index in [9.17, 15) is 18.0 Å². The third-order valence-corrected chi connectivity index (χ3v) is 6.47. The van der Waals surface area contributed by atoms with Crippen LogP contribution in [0.25, 0.3) is 6.08 Å². The number of rotatable bonds is 8. The van der Waals surface area contributed by atoms with Gasteiger partial charge in [-0.3, -0.25) is 19.1 Å². The molecule has 0 amide bonds. The average Bonchev–Trinajstić information content (AvgIpc) is 2.80. The quantitative estimate of drug-likeness (QED) is 0.400. The lowest BCUT2D eigenvalue weighted by Gasteiger charge is -2.38. The zero-order valence-corrected chi connectivity index (χ0v) is 22.5. The van der Waals surface area contributed by atoms with E-state index in [1.807, 2.05) is 24.3 Å². The van der Waals surface area contributed by atoms with Crippen molar-refractivity contribution in [3.05, 3.63) is 91.8 Å². The summed E-state index contributed by atoms with van der Waals surface area (Å²) in [6.07, 6.45) is 12.0. The van der Waals surface area contributed by atoms with Crippen molar-refractivity contribution in [1.29, 1.82) is 0 Å². The second-order valence-electron chi connectivity index (χ2n) is 9.74. The largest absolute Gasteiger partial charge is 0.399 e. The first-order valence-corrected chi connectivity index (χ1v) is 13.3. The summed E-state index contributed by atoms with van der Waals surface area (Å²) in [7, 11) is -0.512. The molecule has 1 unspecified atom stereocenters. The van der Waals surface area contributed by atoms with Crippen LogP contribution in [0.15, 0.2) is 74.6 Å². The third-order valence-electron chi connectivity index (χ3n) is 5.87. The lowest BCUT2D eigenvalue weighted by molar-refractivity contribution is -0.0423. The van der Waals surface area contributed by atoms with E-state index in [2.05, 4.69) is 35.6 Å². The molecule has 2 N–H and O–H groups in total. The van der Waals surface area contributed by atoms with Crippen LogP contribution < -0.4 is 16.0 Å². The Kier molecular flexibility index (Phi) is 8.09. The molecule has 2 aromatic rings. The van der Waals surface area contributed by atoms with Crippen LogP contribution in [0.4, 0.5) is 5.69 Å². The van der Waals surface area contributed by atoms with Gasteiger partial charge in [-0.05, 0) is 34.8 Å². The SMILES string of the molecule is CO/N=C/c1cc(NS(C)(=O)=O)ccc1C=CC1=CC(OC)(n2ccc(=O)[nH]c2=O)CC(C(C)(C)C)=C1. The molecular formula is C26H32N4O6S. The van der Waals surface area contributed by atoms with Crippen molar-refractivity contribution in [2.45, 2.75) is 32.9 Å². The highest BCUT2D eigenvalue weighted by molar-refractivity contribution is 7.92. The number of sulfonamides is 1. The lowest BCUT2D eigenvalue weighted by atomic mass is 9.77. The molecule has 0 spiro atoms. The van der Waals surface area contributed by atoms with Crippen LogP contribution in [-0.4, -0.2) is 44.7 Å². The Morgan fingerprint density at radius 3 is 2.46 bits per heavy atom. The first kappa shape index (κ1) is 27.9. The monoisotopic (exact) mass is 528 g/mol. The summed E-state index contributed by atoms with van der Waals surface area (Å²) in [4.78, 5) is 31.5. The minimum Gasteiger partial charge on any atom is -0.399 e. The maximum absolute atomic E-state index is 12.7. The molecule has 37 heavy (non-hydrogen) atoms. The number of aromatic nitrogens is 2. The predicted octanol–water partition coefficient (Wildman–Crippen LogP) is 3.20. The number of hydrogen-bond acceptors (Lipinski definition) is 7. The minimum absolute atomic E-state index is 0.224. The zero-order valence-electron chi connectivity index (χ0n) is 21.7. The zero-order chi connectivity index (χ0) is 27.4. The van der Waals surface area contributed by atoms with Crippen molar-refractivity contribution in [3.63, 3.8) is 0 Å². The summed E-state index contributed by atoms with van der Waals surface area (Å²) in [6.45, 7) is 6.23. The molecule has 1 aliphatic rings. The van der Waals surface area contributed by atoms with Crippen LogP contribution in [0.2, 0.25) is 0 Å². The normalized spacial score (nSPS) is 18.6. The Morgan fingerprint density at radius 2 is 1.86 bits per heavy atom. The Hall–Kier alpha value is -3.70. The van der Waals surface area contributed by atoms with Crippen LogP contribution in [-0.2, 0) is 25.3 Å². The number of oxime groups is 1. The van der Waals surface area contributed by atoms with Crippen LogP contribution in [0.3, 0.4) is 0 Å². The second kappa shape index (κ2) is 10.7. The second-order valence-corrected chi connectivity index (χ2v) is 11.5. The molecule has 0 bridgehead atoms. The number of anilines is 1. The van der Waals surface area contributed by atoms with E-state index in [4.69, 9.17) is 9.57 Å². The molecule has 1 aliphatic carbocycles. The average molecular weight is 529 g/mol. The molecule has 198 valence electrons. The van der Waals surface area contributed by atoms with Gasteiger partial charge in [0, 0.05) is 37.0 Å².